The molecule has 6 heteroatoms. The summed E-state index contributed by atoms with van der Waals surface area (Å²) in [5.74, 6) is 2.52. The average molecular weight is 473 g/mol. The van der Waals surface area contributed by atoms with E-state index in [1.807, 2.05) is 12.1 Å². The van der Waals surface area contributed by atoms with Crippen molar-refractivity contribution in [1.29, 1.82) is 0 Å². The highest BCUT2D eigenvalue weighted by Crippen LogP contribution is 2.45. The van der Waals surface area contributed by atoms with Crippen LogP contribution in [-0.2, 0) is 19.4 Å². The zero-order chi connectivity index (χ0) is 24.5. The average Bonchev–Trinajstić information content (AvgIpc) is 3.30. The molecule has 6 nitrogen and oxygen atoms in total. The largest absolute Gasteiger partial charge is 0.454 e. The van der Waals surface area contributed by atoms with E-state index in [-0.39, 0.29) is 29.4 Å². The zero-order valence-corrected chi connectivity index (χ0v) is 20.6. The molecule has 0 aromatic heterocycles. The second-order valence-electron chi connectivity index (χ2n) is 10.1. The molecule has 0 unspecified atom stereocenters. The molecular weight excluding hydrogens is 440 g/mol. The molecule has 0 saturated heterocycles. The van der Waals surface area contributed by atoms with E-state index in [2.05, 4.69) is 62.1 Å². The first-order valence-corrected chi connectivity index (χ1v) is 12.4. The van der Waals surface area contributed by atoms with E-state index >= 15 is 0 Å². The number of hydrogen-bond donors (Lipinski definition) is 0. The van der Waals surface area contributed by atoms with Crippen LogP contribution in [0.1, 0.15) is 60.5 Å². The van der Waals surface area contributed by atoms with Gasteiger partial charge in [0.15, 0.2) is 11.5 Å². The van der Waals surface area contributed by atoms with Gasteiger partial charge in [-0.15, -0.1) is 0 Å². The fraction of sp³-hybridized carbons (Fsp3) is 0.379. The van der Waals surface area contributed by atoms with Gasteiger partial charge in [0.2, 0.25) is 6.79 Å². The molecule has 0 aliphatic carbocycles. The van der Waals surface area contributed by atoms with Gasteiger partial charge in [-0.2, -0.15) is 0 Å². The molecule has 0 amide bonds. The van der Waals surface area contributed by atoms with E-state index in [1.165, 1.54) is 22.3 Å². The monoisotopic (exact) mass is 472 g/mol. The third-order valence-corrected chi connectivity index (χ3v) is 7.17. The first-order chi connectivity index (χ1) is 16.9. The summed E-state index contributed by atoms with van der Waals surface area (Å²) in [6.45, 7) is 8.69. The Balaban J connectivity index is 1.48. The number of fused-ring (bicyclic) bond motifs is 2. The number of non-ortho nitro benzene ring substituents is 1. The van der Waals surface area contributed by atoms with Crippen LogP contribution in [0.5, 0.6) is 11.5 Å². The van der Waals surface area contributed by atoms with Crippen LogP contribution in [0, 0.1) is 16.0 Å². The molecular formula is C29H32N2O4. The lowest BCUT2D eigenvalue weighted by Crippen LogP contribution is -2.37. The van der Waals surface area contributed by atoms with Crippen LogP contribution in [0.3, 0.4) is 0 Å². The van der Waals surface area contributed by atoms with Crippen molar-refractivity contribution in [2.75, 3.05) is 13.3 Å². The van der Waals surface area contributed by atoms with Gasteiger partial charge in [0.1, 0.15) is 0 Å². The topological polar surface area (TPSA) is 64.8 Å². The highest BCUT2D eigenvalue weighted by molar-refractivity contribution is 5.51. The quantitative estimate of drug-likeness (QED) is 0.293. The van der Waals surface area contributed by atoms with Crippen LogP contribution >= 0.6 is 0 Å². The number of benzene rings is 3. The van der Waals surface area contributed by atoms with Gasteiger partial charge in [0, 0.05) is 37.2 Å². The predicted molar refractivity (Wildman–Crippen MR) is 136 cm³/mol. The summed E-state index contributed by atoms with van der Waals surface area (Å²) in [6, 6.07) is 20.5. The van der Waals surface area contributed by atoms with Gasteiger partial charge in [-0.3, -0.25) is 15.0 Å². The lowest BCUT2D eigenvalue weighted by Gasteiger charge is -2.41. The third kappa shape index (κ3) is 4.89. The fourth-order valence-electron chi connectivity index (χ4n) is 5.42. The number of nitro groups is 1. The number of nitro benzene ring substituents is 1. The summed E-state index contributed by atoms with van der Waals surface area (Å²) >= 11 is 0. The molecule has 0 fully saturated rings. The van der Waals surface area contributed by atoms with Crippen molar-refractivity contribution in [1.82, 2.24) is 4.90 Å². The van der Waals surface area contributed by atoms with Crippen molar-refractivity contribution >= 4 is 5.69 Å². The van der Waals surface area contributed by atoms with Crippen molar-refractivity contribution in [3.05, 3.63) is 98.6 Å². The lowest BCUT2D eigenvalue weighted by molar-refractivity contribution is -0.384. The van der Waals surface area contributed by atoms with Crippen LogP contribution in [0.4, 0.5) is 5.69 Å². The Bertz CT molecular complexity index is 1200. The predicted octanol–water partition coefficient (Wildman–Crippen LogP) is 6.43. The summed E-state index contributed by atoms with van der Waals surface area (Å²) in [5, 5.41) is 11.1. The van der Waals surface area contributed by atoms with Crippen LogP contribution in [0.2, 0.25) is 0 Å². The Hall–Kier alpha value is -3.38. The molecule has 2 aliphatic heterocycles. The van der Waals surface area contributed by atoms with E-state index in [0.29, 0.717) is 5.92 Å². The minimum absolute atomic E-state index is 0.122. The molecule has 0 radical (unpaired) electrons. The van der Waals surface area contributed by atoms with Crippen molar-refractivity contribution in [3.63, 3.8) is 0 Å². The molecule has 3 aromatic rings. The van der Waals surface area contributed by atoms with Crippen molar-refractivity contribution in [3.8, 4) is 11.5 Å². The zero-order valence-electron chi connectivity index (χ0n) is 20.6. The maximum atomic E-state index is 11.1. The van der Waals surface area contributed by atoms with Crippen molar-refractivity contribution in [2.45, 2.75) is 52.1 Å². The number of rotatable bonds is 7. The highest BCUT2D eigenvalue weighted by atomic mass is 16.7. The van der Waals surface area contributed by atoms with E-state index in [0.717, 1.165) is 43.0 Å². The van der Waals surface area contributed by atoms with E-state index in [9.17, 15) is 10.1 Å². The fourth-order valence-corrected chi connectivity index (χ4v) is 5.42. The third-order valence-electron chi connectivity index (χ3n) is 7.17. The van der Waals surface area contributed by atoms with Gasteiger partial charge in [-0.25, -0.2) is 0 Å². The molecule has 2 heterocycles. The van der Waals surface area contributed by atoms with Crippen LogP contribution in [-0.4, -0.2) is 23.2 Å². The van der Waals surface area contributed by atoms with Gasteiger partial charge in [0.25, 0.3) is 5.69 Å². The van der Waals surface area contributed by atoms with Gasteiger partial charge in [-0.1, -0.05) is 57.2 Å². The van der Waals surface area contributed by atoms with Crippen molar-refractivity contribution < 1.29 is 14.4 Å². The van der Waals surface area contributed by atoms with Crippen LogP contribution < -0.4 is 9.47 Å². The number of hydrogen-bond acceptors (Lipinski definition) is 5. The highest BCUT2D eigenvalue weighted by Gasteiger charge is 2.34. The molecule has 5 rings (SSSR count). The Morgan fingerprint density at radius 1 is 0.971 bits per heavy atom. The standard InChI is InChI=1S/C29H32N2O4/c1-19(2)14-21-4-8-23(9-5-21)20(3)29-26-16-28-27(34-18-35-28)15-24(26)12-13-30(29)17-22-6-10-25(11-7-22)31(32)33/h4-11,15-16,19-20,29H,12-14,17-18H2,1-3H3/t20-,29+/m0/s1. The summed E-state index contributed by atoms with van der Waals surface area (Å²) in [7, 11) is 0. The molecule has 182 valence electrons. The minimum atomic E-state index is -0.350. The Labute approximate surface area is 206 Å². The second-order valence-corrected chi connectivity index (χ2v) is 10.1. The van der Waals surface area contributed by atoms with E-state index in [1.54, 1.807) is 12.1 Å². The van der Waals surface area contributed by atoms with Crippen molar-refractivity contribution in [2.24, 2.45) is 5.92 Å². The van der Waals surface area contributed by atoms with Crippen LogP contribution in [0.25, 0.3) is 0 Å². The molecule has 2 atom stereocenters. The molecule has 2 aliphatic rings. The smallest absolute Gasteiger partial charge is 0.269 e. The maximum absolute atomic E-state index is 11.1. The lowest BCUT2D eigenvalue weighted by atomic mass is 9.81. The number of ether oxygens (including phenoxy) is 2. The van der Waals surface area contributed by atoms with Gasteiger partial charge >= 0.3 is 0 Å². The molecule has 0 N–H and O–H groups in total. The maximum Gasteiger partial charge on any atom is 0.269 e. The molecule has 0 bridgehead atoms. The van der Waals surface area contributed by atoms with Crippen LogP contribution in [0.15, 0.2) is 60.7 Å². The Morgan fingerprint density at radius 3 is 2.29 bits per heavy atom. The number of nitrogens with zero attached hydrogens (tertiary/aromatic N) is 2. The minimum Gasteiger partial charge on any atom is -0.454 e. The van der Waals surface area contributed by atoms with E-state index < -0.39 is 0 Å². The Morgan fingerprint density at radius 2 is 1.63 bits per heavy atom. The molecule has 3 aromatic carbocycles. The first kappa shape index (κ1) is 23.4. The first-order valence-electron chi connectivity index (χ1n) is 12.4. The Kier molecular flexibility index (Phi) is 6.48. The van der Waals surface area contributed by atoms with Gasteiger partial charge in [0.05, 0.1) is 4.92 Å². The summed E-state index contributed by atoms with van der Waals surface area (Å²) in [5.41, 5.74) is 6.46. The van der Waals surface area contributed by atoms with E-state index in [4.69, 9.17) is 9.47 Å². The SMILES string of the molecule is CC(C)Cc1ccc([C@H](C)[C@@H]2c3cc4c(cc3CCN2Cc2ccc([N+](=O)[O-])cc2)OCO4)cc1. The normalized spacial score (nSPS) is 17.9. The van der Waals surface area contributed by atoms with Gasteiger partial charge in [-0.05, 0) is 58.7 Å². The molecule has 0 saturated carbocycles. The summed E-state index contributed by atoms with van der Waals surface area (Å²) in [4.78, 5) is 13.2. The summed E-state index contributed by atoms with van der Waals surface area (Å²) < 4.78 is 11.4. The second kappa shape index (κ2) is 9.70. The molecule has 0 spiro atoms. The molecule has 35 heavy (non-hydrogen) atoms. The van der Waals surface area contributed by atoms with Gasteiger partial charge < -0.3 is 9.47 Å². The summed E-state index contributed by atoms with van der Waals surface area (Å²) in [6.07, 6.45) is 2.01.